The van der Waals surface area contributed by atoms with E-state index in [1.165, 1.54) is 25.0 Å². The highest BCUT2D eigenvalue weighted by Crippen LogP contribution is 2.45. The van der Waals surface area contributed by atoms with Gasteiger partial charge in [-0.25, -0.2) is 8.78 Å². The van der Waals surface area contributed by atoms with E-state index in [9.17, 15) is 18.4 Å². The van der Waals surface area contributed by atoms with Gasteiger partial charge in [-0.2, -0.15) is 0 Å². The van der Waals surface area contributed by atoms with Crippen LogP contribution >= 0.6 is 0 Å². The van der Waals surface area contributed by atoms with Gasteiger partial charge in [0.15, 0.2) is 11.5 Å². The van der Waals surface area contributed by atoms with Gasteiger partial charge >= 0.3 is 0 Å². The average molecular weight is 507 g/mol. The van der Waals surface area contributed by atoms with E-state index in [2.05, 4.69) is 20.7 Å². The molecule has 3 fully saturated rings. The van der Waals surface area contributed by atoms with Crippen LogP contribution in [-0.2, 0) is 10.3 Å². The summed E-state index contributed by atoms with van der Waals surface area (Å²) in [5.41, 5.74) is 0.0113. The SMILES string of the molecule is O=C(CC1(NC(=O)c2cc(-c3ccc(F)cc3F)on2)CN(CC2CC2)C1)NC1(c2ccccc2)CC1. The van der Waals surface area contributed by atoms with Gasteiger partial charge in [0.2, 0.25) is 5.91 Å². The first-order chi connectivity index (χ1) is 17.8. The first kappa shape index (κ1) is 23.8. The number of hydrogen-bond donors (Lipinski definition) is 2. The number of likely N-dealkylation sites (tertiary alicyclic amines) is 1. The molecule has 1 saturated heterocycles. The fourth-order valence-corrected chi connectivity index (χ4v) is 5.33. The molecular weight excluding hydrogens is 478 g/mol. The summed E-state index contributed by atoms with van der Waals surface area (Å²) in [6.45, 7) is 2.10. The fraction of sp³-hybridized carbons (Fsp3) is 0.393. The van der Waals surface area contributed by atoms with E-state index in [1.54, 1.807) is 0 Å². The minimum atomic E-state index is -0.807. The van der Waals surface area contributed by atoms with Gasteiger partial charge < -0.3 is 15.2 Å². The van der Waals surface area contributed by atoms with Crippen LogP contribution in [0.2, 0.25) is 0 Å². The summed E-state index contributed by atoms with van der Waals surface area (Å²) in [7, 11) is 0. The molecule has 2 amide bonds. The standard InChI is InChI=1S/C28H28F2N4O3/c29-20-8-9-21(22(30)12-20)24-13-23(33-37-24)26(36)32-27(16-34(17-27)15-18-6-7-18)14-25(35)31-28(10-11-28)19-4-2-1-3-5-19/h1-5,8-9,12-13,18H,6-7,10-11,14-17H2,(H,31,35)(H,32,36). The zero-order chi connectivity index (χ0) is 25.6. The van der Waals surface area contributed by atoms with Crippen LogP contribution < -0.4 is 10.6 Å². The lowest BCUT2D eigenvalue weighted by atomic mass is 9.85. The molecule has 2 heterocycles. The Morgan fingerprint density at radius 2 is 1.78 bits per heavy atom. The Bertz CT molecular complexity index is 1330. The minimum absolute atomic E-state index is 0.0111. The molecule has 2 aliphatic carbocycles. The van der Waals surface area contributed by atoms with Crippen molar-refractivity contribution in [2.24, 2.45) is 5.92 Å². The quantitative estimate of drug-likeness (QED) is 0.458. The summed E-state index contributed by atoms with van der Waals surface area (Å²) in [6.07, 6.45) is 4.36. The van der Waals surface area contributed by atoms with E-state index >= 15 is 0 Å². The lowest BCUT2D eigenvalue weighted by Crippen LogP contribution is -2.71. The van der Waals surface area contributed by atoms with E-state index in [4.69, 9.17) is 4.52 Å². The molecule has 1 aliphatic heterocycles. The Hall–Kier alpha value is -3.59. The van der Waals surface area contributed by atoms with Crippen LogP contribution in [0.1, 0.15) is 48.2 Å². The van der Waals surface area contributed by atoms with Crippen molar-refractivity contribution in [3.8, 4) is 11.3 Å². The summed E-state index contributed by atoms with van der Waals surface area (Å²) >= 11 is 0. The molecule has 2 N–H and O–H groups in total. The third-order valence-electron chi connectivity index (χ3n) is 7.54. The second kappa shape index (κ2) is 9.06. The summed E-state index contributed by atoms with van der Waals surface area (Å²) in [6, 6.07) is 14.4. The van der Waals surface area contributed by atoms with Crippen LogP contribution in [0, 0.1) is 17.6 Å². The van der Waals surface area contributed by atoms with E-state index in [-0.39, 0.29) is 34.9 Å². The lowest BCUT2D eigenvalue weighted by Gasteiger charge is -2.50. The molecule has 6 rings (SSSR count). The zero-order valence-electron chi connectivity index (χ0n) is 20.3. The number of nitrogens with zero attached hydrogens (tertiary/aromatic N) is 2. The van der Waals surface area contributed by atoms with Gasteiger partial charge in [-0.3, -0.25) is 14.5 Å². The first-order valence-corrected chi connectivity index (χ1v) is 12.7. The van der Waals surface area contributed by atoms with Crippen LogP contribution in [-0.4, -0.2) is 47.0 Å². The molecule has 37 heavy (non-hydrogen) atoms. The number of halogens is 2. The van der Waals surface area contributed by atoms with E-state index in [0.717, 1.165) is 37.1 Å². The summed E-state index contributed by atoms with van der Waals surface area (Å²) in [4.78, 5) is 28.6. The molecule has 0 unspecified atom stereocenters. The highest BCUT2D eigenvalue weighted by molar-refractivity contribution is 5.94. The van der Waals surface area contributed by atoms with Crippen molar-refractivity contribution in [2.45, 2.75) is 43.2 Å². The van der Waals surface area contributed by atoms with Gasteiger partial charge in [-0.1, -0.05) is 35.5 Å². The number of aromatic nitrogens is 1. The molecule has 3 aromatic rings. The smallest absolute Gasteiger partial charge is 0.274 e. The van der Waals surface area contributed by atoms with Crippen LogP contribution in [0.3, 0.4) is 0 Å². The van der Waals surface area contributed by atoms with Crippen molar-refractivity contribution in [3.05, 3.63) is 77.5 Å². The molecule has 0 radical (unpaired) electrons. The van der Waals surface area contributed by atoms with E-state index in [0.29, 0.717) is 19.0 Å². The Balaban J connectivity index is 1.15. The number of rotatable bonds is 9. The van der Waals surface area contributed by atoms with Crippen molar-refractivity contribution in [2.75, 3.05) is 19.6 Å². The van der Waals surface area contributed by atoms with Gasteiger partial charge in [0.25, 0.3) is 5.91 Å². The van der Waals surface area contributed by atoms with Crippen molar-refractivity contribution in [1.82, 2.24) is 20.7 Å². The maximum Gasteiger partial charge on any atom is 0.274 e. The van der Waals surface area contributed by atoms with E-state index in [1.807, 2.05) is 30.3 Å². The van der Waals surface area contributed by atoms with Crippen LogP contribution in [0.25, 0.3) is 11.3 Å². The Kier molecular flexibility index (Phi) is 5.82. The largest absolute Gasteiger partial charge is 0.355 e. The first-order valence-electron chi connectivity index (χ1n) is 12.7. The third-order valence-corrected chi connectivity index (χ3v) is 7.54. The molecular formula is C28H28F2N4O3. The molecule has 9 heteroatoms. The Labute approximate surface area is 213 Å². The number of carbonyl (C=O) groups excluding carboxylic acids is 2. The van der Waals surface area contributed by atoms with E-state index < -0.39 is 23.1 Å². The second-order valence-corrected chi connectivity index (χ2v) is 10.7. The summed E-state index contributed by atoms with van der Waals surface area (Å²) in [5.74, 6) is -1.41. The highest BCUT2D eigenvalue weighted by atomic mass is 19.1. The number of benzene rings is 2. The minimum Gasteiger partial charge on any atom is -0.355 e. The normalized spacial score (nSPS) is 19.6. The maximum absolute atomic E-state index is 14.2. The van der Waals surface area contributed by atoms with Gasteiger partial charge in [0.05, 0.1) is 23.1 Å². The molecule has 1 aromatic heterocycles. The maximum atomic E-state index is 14.2. The summed E-state index contributed by atoms with van der Waals surface area (Å²) < 4.78 is 32.6. The number of nitrogens with one attached hydrogen (secondary N) is 2. The monoisotopic (exact) mass is 506 g/mol. The molecule has 2 saturated carbocycles. The van der Waals surface area contributed by atoms with Crippen LogP contribution in [0.5, 0.6) is 0 Å². The van der Waals surface area contributed by atoms with Crippen molar-refractivity contribution >= 4 is 11.8 Å². The zero-order valence-corrected chi connectivity index (χ0v) is 20.3. The number of hydrogen-bond acceptors (Lipinski definition) is 5. The van der Waals surface area contributed by atoms with Gasteiger partial charge in [-0.05, 0) is 49.3 Å². The molecule has 7 nitrogen and oxygen atoms in total. The third kappa shape index (κ3) is 5.00. The van der Waals surface area contributed by atoms with Crippen LogP contribution in [0.15, 0.2) is 59.1 Å². The summed E-state index contributed by atoms with van der Waals surface area (Å²) in [5, 5.41) is 10.0. The topological polar surface area (TPSA) is 87.5 Å². The second-order valence-electron chi connectivity index (χ2n) is 10.7. The van der Waals surface area contributed by atoms with Gasteiger partial charge in [-0.15, -0.1) is 0 Å². The molecule has 0 atom stereocenters. The molecule has 192 valence electrons. The molecule has 0 spiro atoms. The van der Waals surface area contributed by atoms with Gasteiger partial charge in [0, 0.05) is 31.8 Å². The van der Waals surface area contributed by atoms with Crippen molar-refractivity contribution in [1.29, 1.82) is 0 Å². The Morgan fingerprint density at radius 1 is 1.03 bits per heavy atom. The Morgan fingerprint density at radius 3 is 2.46 bits per heavy atom. The van der Waals surface area contributed by atoms with Crippen molar-refractivity contribution < 1.29 is 22.9 Å². The molecule has 2 aromatic carbocycles. The van der Waals surface area contributed by atoms with Crippen molar-refractivity contribution in [3.63, 3.8) is 0 Å². The molecule has 3 aliphatic rings. The highest BCUT2D eigenvalue weighted by Gasteiger charge is 2.50. The van der Waals surface area contributed by atoms with Crippen LogP contribution in [0.4, 0.5) is 8.78 Å². The fourth-order valence-electron chi connectivity index (χ4n) is 5.33. The predicted molar refractivity (Wildman–Crippen MR) is 131 cm³/mol. The molecule has 0 bridgehead atoms. The lowest BCUT2D eigenvalue weighted by molar-refractivity contribution is -0.125. The predicted octanol–water partition coefficient (Wildman–Crippen LogP) is 4.01. The van der Waals surface area contributed by atoms with Gasteiger partial charge in [0.1, 0.15) is 11.6 Å². The number of amides is 2. The average Bonchev–Trinajstić information content (AvgIpc) is 3.77. The number of carbonyl (C=O) groups is 2.